The van der Waals surface area contributed by atoms with Crippen molar-refractivity contribution in [3.8, 4) is 52.9 Å². The minimum Gasteiger partial charge on any atom is -0.396 e. The quantitative estimate of drug-likeness (QED) is 0.0328. The van der Waals surface area contributed by atoms with E-state index in [1.165, 1.54) is 98.9 Å². The van der Waals surface area contributed by atoms with Crippen molar-refractivity contribution >= 4 is 551 Å². The first-order chi connectivity index (χ1) is 64.3. The second kappa shape index (κ2) is 50.5. The molecular formula is C86H76B5Br4Cl3N4O2P25S6. The summed E-state index contributed by atoms with van der Waals surface area (Å²) < 4.78 is 13.4. The maximum Gasteiger partial charge on any atom is 0.234 e. The summed E-state index contributed by atoms with van der Waals surface area (Å²) in [4.78, 5) is 39.7. The van der Waals surface area contributed by atoms with Gasteiger partial charge in [0.25, 0.3) is 0 Å². The lowest BCUT2D eigenvalue weighted by molar-refractivity contribution is 0.0815. The van der Waals surface area contributed by atoms with Crippen LogP contribution in [-0.4, -0.2) is 62.5 Å². The number of Topliss-reactive ketones (excluding diaryl/α,β-unsaturated/α-hetero) is 2. The molecule has 21 rings (SSSR count). The molecule has 7 heterocycles. The number of aromatic nitrogens is 2. The van der Waals surface area contributed by atoms with E-state index in [0.717, 1.165) is 111 Å². The molecule has 0 fully saturated rings. The predicted molar refractivity (Wildman–Crippen MR) is 715 cm³/mol. The highest BCUT2D eigenvalue weighted by molar-refractivity contribution is 9.40. The lowest BCUT2D eigenvalue weighted by atomic mass is 8.97. The van der Waals surface area contributed by atoms with E-state index >= 15 is 0 Å². The van der Waals surface area contributed by atoms with Crippen LogP contribution in [0.4, 0.5) is 11.4 Å². The summed E-state index contributed by atoms with van der Waals surface area (Å²) in [6, 6.07) is 84.6. The van der Waals surface area contributed by atoms with Crippen molar-refractivity contribution in [1.82, 2.24) is 9.97 Å². The molecule has 6 nitrogen and oxygen atoms in total. The second-order valence-electron chi connectivity index (χ2n) is 29.3. The van der Waals surface area contributed by atoms with Crippen molar-refractivity contribution in [3.63, 3.8) is 0 Å². The van der Waals surface area contributed by atoms with Crippen LogP contribution in [-0.2, 0) is 0 Å². The minimum atomic E-state index is -0.750. The lowest BCUT2D eigenvalue weighted by Gasteiger charge is -2.49. The number of carbonyl (C=O) groups is 2. The number of nitrogen functional groups attached to an aromatic ring is 2. The first kappa shape index (κ1) is 112. The zero-order valence-electron chi connectivity index (χ0n) is 69.4. The molecule has 1 aliphatic rings. The lowest BCUT2D eigenvalue weighted by Crippen LogP contribution is -2.23. The van der Waals surface area contributed by atoms with Gasteiger partial charge >= 0.3 is 0 Å². The van der Waals surface area contributed by atoms with Gasteiger partial charge in [-0.05, 0) is 184 Å². The smallest absolute Gasteiger partial charge is 0.234 e. The number of rotatable bonds is 16. The largest absolute Gasteiger partial charge is 0.396 e. The molecule has 677 valence electrons. The van der Waals surface area contributed by atoms with Gasteiger partial charge in [-0.15, -0.1) is 184 Å². The van der Waals surface area contributed by atoms with Crippen LogP contribution in [0, 0.1) is 0 Å². The van der Waals surface area contributed by atoms with Crippen molar-refractivity contribution < 1.29 is 9.59 Å². The van der Waals surface area contributed by atoms with Crippen LogP contribution in [0.25, 0.3) is 177 Å². The van der Waals surface area contributed by atoms with Crippen molar-refractivity contribution in [1.29, 1.82) is 0 Å². The SMILES string of the molecule is Brc1ccc2c(c1)c1cc(Br)ccc1c1nc3c(-c4cccc5c4sc4ccccc45)sc(-c4cccc5c4sc4ccccc45)c3nc21.C.ClC(Cl)Cl.Nc1c(-c2cccc3c2sc2ccccc23)sc(-c2cccc3c2sc2ccccc23)c1N.O=C1C(=O)c2ccc(Br)cc2-c2cc(Br)ccc21.PPP(P(P)P)P(P(P)P)P(P(P(P)P)P(P)P)P(P(P)P)P(P)P.[B][B]B([B])[B]. The maximum absolute atomic E-state index is 12.0. The first-order valence-electron chi connectivity index (χ1n) is 39.4. The molecular weight excluding hydrogens is 2570 g/mol. The normalized spacial score (nSPS) is 12.7. The number of ketones is 2. The summed E-state index contributed by atoms with van der Waals surface area (Å²) in [7, 11) is 58.8. The van der Waals surface area contributed by atoms with Crippen molar-refractivity contribution in [2.75, 3.05) is 11.5 Å². The highest BCUT2D eigenvalue weighted by Gasteiger charge is 2.47. The average molecular weight is 2640 g/mol. The van der Waals surface area contributed by atoms with Crippen LogP contribution in [0.3, 0.4) is 0 Å². The highest BCUT2D eigenvalue weighted by Crippen LogP contribution is 3.34. The Balaban J connectivity index is 0.000000141. The zero-order chi connectivity index (χ0) is 95.3. The number of hydrogen-bond donors (Lipinski definition) is 2. The fourth-order valence-electron chi connectivity index (χ4n) is 15.6. The van der Waals surface area contributed by atoms with Gasteiger partial charge in [-0.2, -0.15) is 0 Å². The van der Waals surface area contributed by atoms with E-state index < -0.39 is 22.2 Å². The molecule has 135 heavy (non-hydrogen) atoms. The summed E-state index contributed by atoms with van der Waals surface area (Å²) in [5.41, 5.74) is 25.8. The number of nitrogens with two attached hydrogens (primary N) is 2. The molecule has 0 amide bonds. The Kier molecular flexibility index (Phi) is 42.0. The highest BCUT2D eigenvalue weighted by atomic mass is 79.9. The Bertz CT molecular complexity index is 7470. The number of halogens is 7. The number of anilines is 2. The van der Waals surface area contributed by atoms with Gasteiger partial charge in [0, 0.05) is 179 Å². The molecule has 16 unspecified atom stereocenters. The van der Waals surface area contributed by atoms with E-state index in [1.807, 2.05) is 68.8 Å². The number of alkyl halides is 3. The molecule has 13 aromatic carbocycles. The first-order valence-corrected chi connectivity index (χ1v) is 93.7. The van der Waals surface area contributed by atoms with E-state index in [0.29, 0.717) is 22.5 Å². The van der Waals surface area contributed by atoms with E-state index in [-0.39, 0.29) is 84.3 Å². The molecule has 0 saturated carbocycles. The number of thiophene rings is 6. The predicted octanol–water partition coefficient (Wildman–Crippen LogP) is 43.0. The van der Waals surface area contributed by atoms with E-state index in [9.17, 15) is 9.59 Å². The fraction of sp³-hybridized carbons (Fsp3) is 0.0233. The number of nitrogens with zero attached hydrogens (tertiary/aromatic N) is 2. The van der Waals surface area contributed by atoms with Crippen LogP contribution < -0.4 is 11.5 Å². The molecule has 0 bridgehead atoms. The average Bonchev–Trinajstić information content (AvgIpc) is 1.62. The molecule has 7 radical (unpaired) electrons. The minimum absolute atomic E-state index is 0. The number of benzene rings is 13. The van der Waals surface area contributed by atoms with Crippen LogP contribution >= 0.6 is 367 Å². The summed E-state index contributed by atoms with van der Waals surface area (Å²) in [6.07, 6.45) is -0.463. The van der Waals surface area contributed by atoms with Crippen LogP contribution in [0.15, 0.2) is 261 Å². The van der Waals surface area contributed by atoms with E-state index in [4.69, 9.17) is 79.4 Å². The summed E-state index contributed by atoms with van der Waals surface area (Å²) in [6.45, 7) is 0.548. The summed E-state index contributed by atoms with van der Waals surface area (Å²) in [5.74, 6) is -0.875. The molecule has 49 heteroatoms. The van der Waals surface area contributed by atoms with Gasteiger partial charge in [0.05, 0.1) is 41.9 Å². The Morgan fingerprint density at radius 2 is 0.607 bits per heavy atom. The number of carbonyl (C=O) groups excluding carboxylic acids is 2. The van der Waals surface area contributed by atoms with Crippen LogP contribution in [0.2, 0.25) is 0 Å². The summed E-state index contributed by atoms with van der Waals surface area (Å²) in [5, 5.41) is 14.8. The van der Waals surface area contributed by atoms with Crippen molar-refractivity contribution in [3.05, 3.63) is 272 Å². The third-order valence-electron chi connectivity index (χ3n) is 21.1. The molecule has 20 aromatic rings. The van der Waals surface area contributed by atoms with Gasteiger partial charge < -0.3 is 11.5 Å². The van der Waals surface area contributed by atoms with E-state index in [2.05, 4.69) is 386 Å². The van der Waals surface area contributed by atoms with Gasteiger partial charge in [-0.3, -0.25) is 9.59 Å². The molecule has 1 aliphatic carbocycles. The Hall–Kier alpha value is 3.06. The van der Waals surface area contributed by atoms with Gasteiger partial charge in [-0.25, -0.2) is 9.97 Å². The molecule has 7 aromatic heterocycles. The number of hydrogen-bond acceptors (Lipinski definition) is 12. The summed E-state index contributed by atoms with van der Waals surface area (Å²) >= 11 is 39.6. The van der Waals surface area contributed by atoms with Crippen LogP contribution in [0.1, 0.15) is 28.1 Å². The Morgan fingerprint density at radius 1 is 0.333 bits per heavy atom. The van der Waals surface area contributed by atoms with Gasteiger partial charge in [0.15, 0.2) is 4.30 Å². The maximum atomic E-state index is 12.0. The number of fused-ring (bicyclic) bond motifs is 22. The molecule has 0 aliphatic heterocycles. The molecule has 4 N–H and O–H groups in total. The third kappa shape index (κ3) is 24.6. The third-order valence-corrected chi connectivity index (χ3v) is 192. The standard InChI is InChI=1S/C42H20Br2N2S3.C28H18N2S3.C14H6Br2O2.CHCl3.CH4.B5.H27P25/c43-21-15-17-25-31(19-21)32-20-22(44)16-18-26(32)36-35(25)45-37-38(46-36)42(30-12-6-10-28-24-8-2-4-14-34(24)48-40(28)30)49-41(37)29-11-5-9-27-23-7-1-3-13-33(23)47-39(27)29;29-23-24(30)28(20-12-6-10-18-16-8-2-4-14-22(16)32-26(18)20)33-27(23)19-11-5-9-17-15-7-1-3-13-21(15)31-25(17)19;15-7-1-3-9-11(5-7)12-6-8(16)2-4-10(12)14(18)13(9)17;2-1(3)4;;1-4-5(2)3;1-14-21(15(2)3)24(20(12)13)25(22(16(4)5)17(6)7)23(18(8)9)19(10)11/h1-20H;1-14H,29-30H2;1-6H;1H;1H4;;14H,1-13H2. The molecule has 0 saturated heterocycles. The fourth-order valence-corrected chi connectivity index (χ4v) is 339. The van der Waals surface area contributed by atoms with Crippen LogP contribution in [0.5, 0.6) is 0 Å². The molecule has 16 atom stereocenters. The molecule has 0 spiro atoms. The topological polar surface area (TPSA) is 112 Å². The van der Waals surface area contributed by atoms with E-state index in [1.54, 1.807) is 35.6 Å². The zero-order valence-corrected chi connectivity index (χ0v) is 109. The van der Waals surface area contributed by atoms with Gasteiger partial charge in [0.2, 0.25) is 11.6 Å². The van der Waals surface area contributed by atoms with Gasteiger partial charge in [-0.1, -0.05) is 272 Å². The second-order valence-corrected chi connectivity index (χ2v) is 139. The van der Waals surface area contributed by atoms with Crippen molar-refractivity contribution in [2.24, 2.45) is 0 Å². The van der Waals surface area contributed by atoms with Gasteiger partial charge in [0.1, 0.15) is 11.0 Å². The monoisotopic (exact) mass is 2640 g/mol. The van der Waals surface area contributed by atoms with Crippen molar-refractivity contribution in [2.45, 2.75) is 11.7 Å². The Labute approximate surface area is 907 Å². The Morgan fingerprint density at radius 3 is 0.896 bits per heavy atom.